The number of sulfonamides is 1. The zero-order chi connectivity index (χ0) is 35.2. The fourth-order valence-corrected chi connectivity index (χ4v) is 7.79. The molecule has 0 saturated carbocycles. The molecule has 0 bridgehead atoms. The van der Waals surface area contributed by atoms with Crippen LogP contribution >= 0.6 is 0 Å². The summed E-state index contributed by atoms with van der Waals surface area (Å²) in [5, 5.41) is 9.65. The first-order valence-electron chi connectivity index (χ1n) is 17.4. The van der Waals surface area contributed by atoms with Gasteiger partial charge in [0.1, 0.15) is 0 Å². The van der Waals surface area contributed by atoms with Crippen molar-refractivity contribution < 1.29 is 23.0 Å². The number of hydrogen-bond donors (Lipinski definition) is 2. The highest BCUT2D eigenvalue weighted by atomic mass is 32.2. The quantitative estimate of drug-likeness (QED) is 0.178. The summed E-state index contributed by atoms with van der Waals surface area (Å²) in [5.74, 6) is 0.828. The van der Waals surface area contributed by atoms with Crippen LogP contribution in [0.15, 0.2) is 126 Å². The highest BCUT2D eigenvalue weighted by Gasteiger charge is 2.39. The van der Waals surface area contributed by atoms with Gasteiger partial charge in [-0.05, 0) is 58.1 Å². The topological polar surface area (TPSA) is 117 Å². The molecule has 0 amide bonds. The van der Waals surface area contributed by atoms with Crippen LogP contribution in [0.1, 0.15) is 41.6 Å². The first-order chi connectivity index (χ1) is 24.9. The summed E-state index contributed by atoms with van der Waals surface area (Å²) in [6, 6.07) is 34.2. The van der Waals surface area contributed by atoms with Crippen molar-refractivity contribution in [2.75, 3.05) is 37.6 Å². The largest absolute Gasteiger partial charge is 0.392 e. The SMILES string of the molecule is C[C@H]1[C@@H](CN2CCN(c3ncccn3)CC2)O[C@@H](c2cccc(-c3cccc(CNS(=O)(=O)c4ccccc4)c3)c2)O[C@H]1c1ccc(CO)cc1. The average molecular weight is 706 g/mol. The van der Waals surface area contributed by atoms with Crippen LogP contribution in [0.3, 0.4) is 0 Å². The van der Waals surface area contributed by atoms with Crippen LogP contribution in [0.2, 0.25) is 0 Å². The Morgan fingerprint density at radius 1 is 0.765 bits per heavy atom. The van der Waals surface area contributed by atoms with Gasteiger partial charge in [0.25, 0.3) is 0 Å². The molecule has 1 aromatic heterocycles. The van der Waals surface area contributed by atoms with Gasteiger partial charge in [-0.25, -0.2) is 23.1 Å². The molecule has 0 radical (unpaired) electrons. The molecule has 11 heteroatoms. The lowest BCUT2D eigenvalue weighted by molar-refractivity contribution is -0.276. The Labute approximate surface area is 299 Å². The summed E-state index contributed by atoms with van der Waals surface area (Å²) in [7, 11) is -3.63. The molecule has 264 valence electrons. The van der Waals surface area contributed by atoms with Gasteiger partial charge in [-0.2, -0.15) is 0 Å². The van der Waals surface area contributed by atoms with Gasteiger partial charge in [0, 0.05) is 63.1 Å². The van der Waals surface area contributed by atoms with Crippen molar-refractivity contribution in [3.8, 4) is 11.1 Å². The van der Waals surface area contributed by atoms with E-state index in [0.717, 1.165) is 72.1 Å². The minimum absolute atomic E-state index is 0.0113. The Bertz CT molecular complexity index is 1990. The molecule has 2 N–H and O–H groups in total. The van der Waals surface area contributed by atoms with Crippen molar-refractivity contribution in [3.63, 3.8) is 0 Å². The van der Waals surface area contributed by atoms with E-state index in [1.165, 1.54) is 0 Å². The summed E-state index contributed by atoms with van der Waals surface area (Å²) in [6.07, 6.45) is 2.64. The van der Waals surface area contributed by atoms with E-state index in [-0.39, 0.29) is 36.2 Å². The maximum atomic E-state index is 12.8. The molecule has 7 rings (SSSR count). The molecule has 0 unspecified atom stereocenters. The van der Waals surface area contributed by atoms with Gasteiger partial charge in [0.15, 0.2) is 6.29 Å². The van der Waals surface area contributed by atoms with Gasteiger partial charge >= 0.3 is 0 Å². The van der Waals surface area contributed by atoms with Gasteiger partial charge in [-0.1, -0.05) is 85.8 Å². The van der Waals surface area contributed by atoms with E-state index >= 15 is 0 Å². The van der Waals surface area contributed by atoms with Crippen molar-refractivity contribution in [3.05, 3.63) is 144 Å². The number of benzene rings is 4. The van der Waals surface area contributed by atoms with Crippen LogP contribution in [0.4, 0.5) is 5.95 Å². The minimum Gasteiger partial charge on any atom is -0.392 e. The number of nitrogens with one attached hydrogen (secondary N) is 1. The average Bonchev–Trinajstić information content (AvgIpc) is 3.19. The van der Waals surface area contributed by atoms with Gasteiger partial charge < -0.3 is 19.5 Å². The van der Waals surface area contributed by atoms with E-state index in [9.17, 15) is 13.5 Å². The monoisotopic (exact) mass is 705 g/mol. The van der Waals surface area contributed by atoms with Crippen molar-refractivity contribution in [1.29, 1.82) is 0 Å². The molecule has 0 spiro atoms. The van der Waals surface area contributed by atoms with Crippen LogP contribution < -0.4 is 9.62 Å². The second-order valence-corrected chi connectivity index (χ2v) is 14.9. The number of piperazine rings is 1. The maximum absolute atomic E-state index is 12.8. The number of aromatic nitrogens is 2. The zero-order valence-corrected chi connectivity index (χ0v) is 29.4. The lowest BCUT2D eigenvalue weighted by Gasteiger charge is -2.44. The van der Waals surface area contributed by atoms with Crippen molar-refractivity contribution in [2.24, 2.45) is 5.92 Å². The summed E-state index contributed by atoms with van der Waals surface area (Å²) >= 11 is 0. The minimum atomic E-state index is -3.63. The fourth-order valence-electron chi connectivity index (χ4n) is 6.75. The van der Waals surface area contributed by atoms with E-state index in [1.54, 1.807) is 42.7 Å². The van der Waals surface area contributed by atoms with Crippen LogP contribution in [0.5, 0.6) is 0 Å². The highest BCUT2D eigenvalue weighted by Crippen LogP contribution is 2.42. The third-order valence-electron chi connectivity index (χ3n) is 9.71. The van der Waals surface area contributed by atoms with E-state index in [4.69, 9.17) is 9.47 Å². The second kappa shape index (κ2) is 15.8. The molecule has 2 aliphatic heterocycles. The van der Waals surface area contributed by atoms with Crippen LogP contribution in [0.25, 0.3) is 11.1 Å². The fraction of sp³-hybridized carbons (Fsp3) is 0.300. The first-order valence-corrected chi connectivity index (χ1v) is 18.8. The number of aliphatic hydroxyl groups is 1. The van der Waals surface area contributed by atoms with Crippen LogP contribution in [-0.2, 0) is 32.6 Å². The standard InChI is InChI=1S/C40H43N5O5S/c1-29-37(27-44-20-22-45(23-21-44)40-41-18-7-19-42-40)49-39(50-38(29)32-16-14-30(28-46)15-17-32)35-11-6-10-34(25-35)33-9-5-8-31(24-33)26-43-51(47,48)36-12-3-2-4-13-36/h2-19,24-25,29,37-39,43,46H,20-23,26-28H2,1H3/t29-,37+,38+,39+/m0/s1. The van der Waals surface area contributed by atoms with Gasteiger partial charge in [0.05, 0.1) is 23.7 Å². The van der Waals surface area contributed by atoms with Crippen LogP contribution in [0, 0.1) is 5.92 Å². The van der Waals surface area contributed by atoms with Gasteiger partial charge in [0.2, 0.25) is 16.0 Å². The Morgan fingerprint density at radius 3 is 2.20 bits per heavy atom. The molecule has 2 fully saturated rings. The molecule has 51 heavy (non-hydrogen) atoms. The van der Waals surface area contributed by atoms with E-state index in [0.29, 0.717) is 0 Å². The molecule has 3 heterocycles. The lowest BCUT2D eigenvalue weighted by Crippen LogP contribution is -2.51. The Morgan fingerprint density at radius 2 is 1.47 bits per heavy atom. The number of hydrogen-bond acceptors (Lipinski definition) is 9. The molecule has 2 saturated heterocycles. The molecule has 4 atom stereocenters. The lowest BCUT2D eigenvalue weighted by atomic mass is 9.89. The number of nitrogens with zero attached hydrogens (tertiary/aromatic N) is 4. The predicted molar refractivity (Wildman–Crippen MR) is 196 cm³/mol. The molecule has 0 aliphatic carbocycles. The van der Waals surface area contributed by atoms with Crippen molar-refractivity contribution in [1.82, 2.24) is 19.6 Å². The Balaban J connectivity index is 1.09. The number of rotatable bonds is 11. The van der Waals surface area contributed by atoms with Crippen molar-refractivity contribution in [2.45, 2.75) is 43.5 Å². The third-order valence-corrected chi connectivity index (χ3v) is 11.1. The Hall–Kier alpha value is -4.49. The summed E-state index contributed by atoms with van der Waals surface area (Å²) in [4.78, 5) is 13.8. The Kier molecular flexibility index (Phi) is 10.8. The summed E-state index contributed by atoms with van der Waals surface area (Å²) < 4.78 is 42.0. The second-order valence-electron chi connectivity index (χ2n) is 13.1. The molecule has 5 aromatic rings. The predicted octanol–water partition coefficient (Wildman–Crippen LogP) is 5.73. The molecular weight excluding hydrogens is 663 g/mol. The molecule has 10 nitrogen and oxygen atoms in total. The normalized spacial score (nSPS) is 21.4. The zero-order valence-electron chi connectivity index (χ0n) is 28.6. The number of anilines is 1. The van der Waals surface area contributed by atoms with Gasteiger partial charge in [-0.15, -0.1) is 0 Å². The first kappa shape index (κ1) is 34.9. The van der Waals surface area contributed by atoms with E-state index in [1.807, 2.05) is 72.8 Å². The maximum Gasteiger partial charge on any atom is 0.240 e. The number of aliphatic hydroxyl groups excluding tert-OH is 1. The third kappa shape index (κ3) is 8.36. The van der Waals surface area contributed by atoms with Crippen molar-refractivity contribution >= 4 is 16.0 Å². The van der Waals surface area contributed by atoms with Gasteiger partial charge in [-0.3, -0.25) is 4.90 Å². The molecular formula is C40H43N5O5S. The summed E-state index contributed by atoms with van der Waals surface area (Å²) in [5.41, 5.74) is 5.60. The van der Waals surface area contributed by atoms with E-state index < -0.39 is 16.3 Å². The highest BCUT2D eigenvalue weighted by molar-refractivity contribution is 7.89. The smallest absolute Gasteiger partial charge is 0.240 e. The summed E-state index contributed by atoms with van der Waals surface area (Å²) in [6.45, 7) is 6.53. The molecule has 4 aromatic carbocycles. The molecule has 2 aliphatic rings. The number of ether oxygens (including phenoxy) is 2. The van der Waals surface area contributed by atoms with E-state index in [2.05, 4.69) is 37.5 Å². The van der Waals surface area contributed by atoms with Crippen LogP contribution in [-0.4, -0.2) is 67.2 Å².